The van der Waals surface area contributed by atoms with E-state index < -0.39 is 0 Å². The Morgan fingerprint density at radius 2 is 2.27 bits per heavy atom. The van der Waals surface area contributed by atoms with Crippen molar-refractivity contribution >= 4 is 0 Å². The zero-order chi connectivity index (χ0) is 7.90. The van der Waals surface area contributed by atoms with Gasteiger partial charge in [0.2, 0.25) is 0 Å². The van der Waals surface area contributed by atoms with Crippen LogP contribution in [0.1, 0.15) is 39.5 Å². The molecular weight excluding hydrogens is 136 g/mol. The quantitative estimate of drug-likeness (QED) is 0.521. The van der Waals surface area contributed by atoms with Crippen LogP contribution in [0.4, 0.5) is 0 Å². The lowest BCUT2D eigenvalue weighted by molar-refractivity contribution is -0.133. The maximum absolute atomic E-state index is 5.85. The summed E-state index contributed by atoms with van der Waals surface area (Å²) in [5, 5.41) is 0. The molecule has 0 spiro atoms. The number of ether oxygens (including phenoxy) is 1. The van der Waals surface area contributed by atoms with Gasteiger partial charge in [0.15, 0.2) is 0 Å². The molecule has 11 heavy (non-hydrogen) atoms. The summed E-state index contributed by atoms with van der Waals surface area (Å²) in [7, 11) is 0. The monoisotopic (exact) mass is 154 g/mol. The molecule has 0 radical (unpaired) electrons. The van der Waals surface area contributed by atoms with E-state index in [4.69, 9.17) is 4.74 Å². The fourth-order valence-corrected chi connectivity index (χ4v) is 2.58. The molecular formula is C10H18O. The van der Waals surface area contributed by atoms with Gasteiger partial charge < -0.3 is 4.74 Å². The lowest BCUT2D eigenvalue weighted by atomic mass is 9.72. The fourth-order valence-electron chi connectivity index (χ4n) is 2.58. The number of hydrogen-bond acceptors (Lipinski definition) is 1. The van der Waals surface area contributed by atoms with Crippen LogP contribution in [0.25, 0.3) is 0 Å². The van der Waals surface area contributed by atoms with Crippen LogP contribution in [0.5, 0.6) is 0 Å². The van der Waals surface area contributed by atoms with Crippen molar-refractivity contribution in [1.29, 1.82) is 0 Å². The van der Waals surface area contributed by atoms with E-state index in [2.05, 4.69) is 13.8 Å². The Morgan fingerprint density at radius 3 is 3.00 bits per heavy atom. The van der Waals surface area contributed by atoms with Gasteiger partial charge in [-0.05, 0) is 38.0 Å². The SMILES string of the molecule is CC1COC2(C)CCCC1C2. The predicted molar refractivity (Wildman–Crippen MR) is 45.5 cm³/mol. The second-order valence-corrected chi connectivity index (χ2v) is 4.59. The predicted octanol–water partition coefficient (Wildman–Crippen LogP) is 2.60. The Kier molecular flexibility index (Phi) is 1.71. The van der Waals surface area contributed by atoms with Gasteiger partial charge in [0.05, 0.1) is 12.2 Å². The van der Waals surface area contributed by atoms with E-state index >= 15 is 0 Å². The molecule has 1 aliphatic heterocycles. The molecule has 0 amide bonds. The van der Waals surface area contributed by atoms with Crippen molar-refractivity contribution in [3.05, 3.63) is 0 Å². The number of fused-ring (bicyclic) bond motifs is 2. The topological polar surface area (TPSA) is 9.23 Å². The molecule has 2 aliphatic rings. The van der Waals surface area contributed by atoms with E-state index in [-0.39, 0.29) is 5.60 Å². The van der Waals surface area contributed by atoms with Gasteiger partial charge in [-0.1, -0.05) is 13.3 Å². The average molecular weight is 154 g/mol. The zero-order valence-corrected chi connectivity index (χ0v) is 7.60. The van der Waals surface area contributed by atoms with Crippen LogP contribution in [0.2, 0.25) is 0 Å². The van der Waals surface area contributed by atoms with Crippen LogP contribution in [0, 0.1) is 11.8 Å². The average Bonchev–Trinajstić information content (AvgIpc) is 1.99. The minimum Gasteiger partial charge on any atom is -0.375 e. The van der Waals surface area contributed by atoms with Gasteiger partial charge in [0.1, 0.15) is 0 Å². The third-order valence-corrected chi connectivity index (χ3v) is 3.47. The zero-order valence-electron chi connectivity index (χ0n) is 7.60. The molecule has 2 bridgehead atoms. The van der Waals surface area contributed by atoms with Crippen LogP contribution in [0.15, 0.2) is 0 Å². The summed E-state index contributed by atoms with van der Waals surface area (Å²) in [6, 6.07) is 0. The minimum atomic E-state index is 0.259. The Bertz CT molecular complexity index is 155. The highest BCUT2D eigenvalue weighted by Gasteiger charge is 2.39. The van der Waals surface area contributed by atoms with Crippen molar-refractivity contribution in [2.75, 3.05) is 6.61 Å². The largest absolute Gasteiger partial charge is 0.375 e. The first-order chi connectivity index (χ1) is 5.20. The van der Waals surface area contributed by atoms with Crippen LogP contribution < -0.4 is 0 Å². The lowest BCUT2D eigenvalue weighted by Gasteiger charge is -2.45. The second-order valence-electron chi connectivity index (χ2n) is 4.59. The molecule has 1 saturated heterocycles. The molecule has 0 aromatic carbocycles. The molecule has 0 N–H and O–H groups in total. The maximum atomic E-state index is 5.85. The molecule has 3 unspecified atom stereocenters. The standard InChI is InChI=1S/C10H18O/c1-8-7-11-10(2)5-3-4-9(8)6-10/h8-9H,3-7H2,1-2H3. The highest BCUT2D eigenvalue weighted by Crippen LogP contribution is 2.42. The maximum Gasteiger partial charge on any atom is 0.0657 e. The first kappa shape index (κ1) is 7.60. The van der Waals surface area contributed by atoms with Gasteiger partial charge in [-0.3, -0.25) is 0 Å². The summed E-state index contributed by atoms with van der Waals surface area (Å²) in [5.41, 5.74) is 0.259. The van der Waals surface area contributed by atoms with E-state index in [1.54, 1.807) is 0 Å². The number of rotatable bonds is 0. The molecule has 1 aliphatic carbocycles. The third kappa shape index (κ3) is 1.31. The molecule has 2 rings (SSSR count). The summed E-state index contributed by atoms with van der Waals surface area (Å²) in [6.45, 7) is 5.61. The Balaban J connectivity index is 2.09. The van der Waals surface area contributed by atoms with Crippen molar-refractivity contribution in [1.82, 2.24) is 0 Å². The van der Waals surface area contributed by atoms with E-state index in [0.717, 1.165) is 18.4 Å². The normalized spacial score (nSPS) is 50.7. The molecule has 1 heteroatoms. The smallest absolute Gasteiger partial charge is 0.0657 e. The van der Waals surface area contributed by atoms with Crippen LogP contribution in [-0.2, 0) is 4.74 Å². The Hall–Kier alpha value is -0.0400. The summed E-state index contributed by atoms with van der Waals surface area (Å²) < 4.78 is 5.85. The van der Waals surface area contributed by atoms with Crippen molar-refractivity contribution in [3.63, 3.8) is 0 Å². The van der Waals surface area contributed by atoms with Gasteiger partial charge >= 0.3 is 0 Å². The molecule has 64 valence electrons. The van der Waals surface area contributed by atoms with Gasteiger partial charge in [-0.15, -0.1) is 0 Å². The van der Waals surface area contributed by atoms with Gasteiger partial charge in [0.25, 0.3) is 0 Å². The van der Waals surface area contributed by atoms with Gasteiger partial charge in [0, 0.05) is 0 Å². The summed E-state index contributed by atoms with van der Waals surface area (Å²) in [5.74, 6) is 1.77. The highest BCUT2D eigenvalue weighted by atomic mass is 16.5. The summed E-state index contributed by atoms with van der Waals surface area (Å²) in [6.07, 6.45) is 5.43. The van der Waals surface area contributed by atoms with E-state index in [9.17, 15) is 0 Å². The van der Waals surface area contributed by atoms with E-state index in [0.29, 0.717) is 0 Å². The summed E-state index contributed by atoms with van der Waals surface area (Å²) in [4.78, 5) is 0. The number of hydrogen-bond donors (Lipinski definition) is 0. The first-order valence-electron chi connectivity index (χ1n) is 4.84. The Morgan fingerprint density at radius 1 is 1.45 bits per heavy atom. The molecule has 0 aromatic heterocycles. The van der Waals surface area contributed by atoms with Crippen LogP contribution in [-0.4, -0.2) is 12.2 Å². The molecule has 2 fully saturated rings. The summed E-state index contributed by atoms with van der Waals surface area (Å²) >= 11 is 0. The van der Waals surface area contributed by atoms with Crippen molar-refractivity contribution in [3.8, 4) is 0 Å². The fraction of sp³-hybridized carbons (Fsp3) is 1.00. The van der Waals surface area contributed by atoms with E-state index in [1.807, 2.05) is 0 Å². The molecule has 1 heterocycles. The van der Waals surface area contributed by atoms with Gasteiger partial charge in [-0.2, -0.15) is 0 Å². The Labute approximate surface area is 69.1 Å². The van der Waals surface area contributed by atoms with Crippen molar-refractivity contribution < 1.29 is 4.74 Å². The molecule has 1 nitrogen and oxygen atoms in total. The molecule has 1 saturated carbocycles. The van der Waals surface area contributed by atoms with Crippen molar-refractivity contribution in [2.45, 2.75) is 45.1 Å². The van der Waals surface area contributed by atoms with Crippen LogP contribution in [0.3, 0.4) is 0 Å². The van der Waals surface area contributed by atoms with Crippen LogP contribution >= 0.6 is 0 Å². The first-order valence-corrected chi connectivity index (χ1v) is 4.84. The third-order valence-electron chi connectivity index (χ3n) is 3.47. The molecule has 3 atom stereocenters. The van der Waals surface area contributed by atoms with Gasteiger partial charge in [-0.25, -0.2) is 0 Å². The lowest BCUT2D eigenvalue weighted by Crippen LogP contribution is -2.44. The van der Waals surface area contributed by atoms with E-state index in [1.165, 1.54) is 25.7 Å². The minimum absolute atomic E-state index is 0.259. The molecule has 0 aromatic rings. The highest BCUT2D eigenvalue weighted by molar-refractivity contribution is 4.89. The second kappa shape index (κ2) is 2.48. The van der Waals surface area contributed by atoms with Crippen molar-refractivity contribution in [2.24, 2.45) is 11.8 Å².